The smallest absolute Gasteiger partial charge is 0.328 e. The van der Waals surface area contributed by atoms with Crippen LogP contribution in [0.2, 0.25) is 0 Å². The van der Waals surface area contributed by atoms with E-state index in [-0.39, 0.29) is 5.97 Å². The van der Waals surface area contributed by atoms with Crippen LogP contribution in [0.15, 0.2) is 0 Å². The zero-order valence-electron chi connectivity index (χ0n) is 12.2. The first-order chi connectivity index (χ1) is 9.14. The van der Waals surface area contributed by atoms with Crippen molar-refractivity contribution in [2.45, 2.75) is 76.0 Å². The largest absolute Gasteiger partial charge is 0.468 e. The van der Waals surface area contributed by atoms with Crippen molar-refractivity contribution >= 4 is 5.97 Å². The lowest BCUT2D eigenvalue weighted by Gasteiger charge is -2.30. The Morgan fingerprint density at radius 3 is 2.32 bits per heavy atom. The zero-order valence-corrected chi connectivity index (χ0v) is 12.2. The Balaban J connectivity index is 1.85. The number of methoxy groups -OCH3 is 1. The molecule has 0 aromatic carbocycles. The molecule has 0 amide bonds. The van der Waals surface area contributed by atoms with Crippen molar-refractivity contribution in [3.8, 4) is 0 Å². The highest BCUT2D eigenvalue weighted by Crippen LogP contribution is 2.25. The molecule has 1 atom stereocenters. The third-order valence-electron chi connectivity index (χ3n) is 4.15. The van der Waals surface area contributed by atoms with Crippen LogP contribution < -0.4 is 5.32 Å². The normalized spacial score (nSPS) is 24.5. The Morgan fingerprint density at radius 2 is 1.79 bits per heavy atom. The van der Waals surface area contributed by atoms with E-state index in [9.17, 15) is 4.79 Å². The van der Waals surface area contributed by atoms with Gasteiger partial charge in [0.1, 0.15) is 5.54 Å². The molecule has 2 aliphatic carbocycles. The van der Waals surface area contributed by atoms with Gasteiger partial charge in [-0.15, -0.1) is 0 Å². The average Bonchev–Trinajstić information content (AvgIpc) is 3.22. The Kier molecular flexibility index (Phi) is 5.22. The molecule has 0 aromatic heterocycles. The van der Waals surface area contributed by atoms with Crippen LogP contribution >= 0.6 is 0 Å². The summed E-state index contributed by atoms with van der Waals surface area (Å²) in [6, 6.07) is 0.460. The van der Waals surface area contributed by atoms with E-state index >= 15 is 0 Å². The number of hydrogen-bond donors (Lipinski definition) is 1. The second kappa shape index (κ2) is 6.71. The zero-order chi connectivity index (χ0) is 13.7. The van der Waals surface area contributed by atoms with Crippen LogP contribution in [0.5, 0.6) is 0 Å². The Labute approximate surface area is 116 Å². The first-order valence-electron chi connectivity index (χ1n) is 7.62. The van der Waals surface area contributed by atoms with Gasteiger partial charge in [-0.3, -0.25) is 5.32 Å². The van der Waals surface area contributed by atoms with Gasteiger partial charge in [0.05, 0.1) is 19.8 Å². The van der Waals surface area contributed by atoms with E-state index in [0.717, 1.165) is 25.7 Å². The maximum absolute atomic E-state index is 12.0. The van der Waals surface area contributed by atoms with Crippen LogP contribution in [-0.4, -0.2) is 37.4 Å². The number of nitrogens with one attached hydrogen (secondary N) is 1. The summed E-state index contributed by atoms with van der Waals surface area (Å²) in [5, 5.41) is 3.37. The van der Waals surface area contributed by atoms with Gasteiger partial charge in [-0.05, 0) is 32.6 Å². The molecule has 0 saturated heterocycles. The average molecular weight is 269 g/mol. The molecule has 0 aromatic rings. The lowest BCUT2D eigenvalue weighted by molar-refractivity contribution is -0.152. The Hall–Kier alpha value is -0.610. The van der Waals surface area contributed by atoms with Gasteiger partial charge in [0.2, 0.25) is 0 Å². The van der Waals surface area contributed by atoms with Crippen molar-refractivity contribution in [3.63, 3.8) is 0 Å². The number of ether oxygens (including phenoxy) is 2. The van der Waals surface area contributed by atoms with Crippen LogP contribution in [-0.2, 0) is 14.3 Å². The molecular weight excluding hydrogens is 242 g/mol. The molecular formula is C15H27NO3. The number of esters is 1. The molecule has 1 unspecified atom stereocenters. The highest BCUT2D eigenvalue weighted by atomic mass is 16.5. The topological polar surface area (TPSA) is 47.6 Å². The fraction of sp³-hybridized carbons (Fsp3) is 0.933. The van der Waals surface area contributed by atoms with Crippen molar-refractivity contribution in [1.82, 2.24) is 5.32 Å². The molecule has 19 heavy (non-hydrogen) atoms. The molecule has 4 heteroatoms. The van der Waals surface area contributed by atoms with Crippen molar-refractivity contribution in [2.24, 2.45) is 0 Å². The second-order valence-electron chi connectivity index (χ2n) is 6.17. The maximum Gasteiger partial charge on any atom is 0.328 e. The number of hydrogen-bond acceptors (Lipinski definition) is 4. The monoisotopic (exact) mass is 269 g/mol. The van der Waals surface area contributed by atoms with Crippen LogP contribution in [0.25, 0.3) is 0 Å². The van der Waals surface area contributed by atoms with Gasteiger partial charge in [0, 0.05) is 6.04 Å². The third kappa shape index (κ3) is 4.46. The summed E-state index contributed by atoms with van der Waals surface area (Å²) in [6.07, 6.45) is 9.98. The Bertz CT molecular complexity index is 296. The summed E-state index contributed by atoms with van der Waals surface area (Å²) >= 11 is 0. The molecule has 0 bridgehead atoms. The van der Waals surface area contributed by atoms with E-state index in [1.807, 2.05) is 6.92 Å². The van der Waals surface area contributed by atoms with Crippen LogP contribution in [0, 0.1) is 0 Å². The second-order valence-corrected chi connectivity index (χ2v) is 6.17. The van der Waals surface area contributed by atoms with Crippen LogP contribution in [0.3, 0.4) is 0 Å². The fourth-order valence-corrected chi connectivity index (χ4v) is 2.76. The summed E-state index contributed by atoms with van der Waals surface area (Å²) in [7, 11) is 1.45. The molecule has 2 rings (SSSR count). The van der Waals surface area contributed by atoms with Crippen molar-refractivity contribution in [2.75, 3.05) is 13.7 Å². The van der Waals surface area contributed by atoms with E-state index < -0.39 is 5.54 Å². The van der Waals surface area contributed by atoms with Gasteiger partial charge in [-0.2, -0.15) is 0 Å². The maximum atomic E-state index is 12.0. The lowest BCUT2D eigenvalue weighted by atomic mass is 10.0. The standard InChI is InChI=1S/C15H27NO3/c1-15(14(17)18-2,16-12-9-10-12)11-19-13-7-5-3-4-6-8-13/h12-13,16H,3-11H2,1-2H3. The summed E-state index contributed by atoms with van der Waals surface area (Å²) in [6.45, 7) is 2.31. The van der Waals surface area contributed by atoms with E-state index in [0.29, 0.717) is 18.8 Å². The van der Waals surface area contributed by atoms with Gasteiger partial charge < -0.3 is 9.47 Å². The predicted octanol–water partition coefficient (Wildman–Crippen LogP) is 2.41. The SMILES string of the molecule is COC(=O)C(C)(COC1CCCCCC1)NC1CC1. The molecule has 0 radical (unpaired) electrons. The third-order valence-corrected chi connectivity index (χ3v) is 4.15. The van der Waals surface area contributed by atoms with Crippen LogP contribution in [0.1, 0.15) is 58.3 Å². The predicted molar refractivity (Wildman–Crippen MR) is 74.0 cm³/mol. The molecule has 4 nitrogen and oxygen atoms in total. The van der Waals surface area contributed by atoms with E-state index in [4.69, 9.17) is 9.47 Å². The molecule has 110 valence electrons. The van der Waals surface area contributed by atoms with E-state index in [2.05, 4.69) is 5.32 Å². The summed E-state index contributed by atoms with van der Waals surface area (Å²) in [4.78, 5) is 12.0. The minimum absolute atomic E-state index is 0.215. The van der Waals surface area contributed by atoms with E-state index in [1.54, 1.807) is 0 Å². The van der Waals surface area contributed by atoms with Gasteiger partial charge in [-0.1, -0.05) is 25.7 Å². The molecule has 0 spiro atoms. The molecule has 1 N–H and O–H groups in total. The first kappa shape index (κ1) is 14.8. The minimum atomic E-state index is -0.692. The quantitative estimate of drug-likeness (QED) is 0.594. The lowest BCUT2D eigenvalue weighted by Crippen LogP contribution is -2.55. The molecule has 0 aliphatic heterocycles. The molecule has 2 saturated carbocycles. The summed E-state index contributed by atoms with van der Waals surface area (Å²) < 4.78 is 10.9. The van der Waals surface area contributed by atoms with Crippen LogP contribution in [0.4, 0.5) is 0 Å². The van der Waals surface area contributed by atoms with Crippen molar-refractivity contribution in [1.29, 1.82) is 0 Å². The summed E-state index contributed by atoms with van der Waals surface area (Å²) in [5.41, 5.74) is -0.692. The van der Waals surface area contributed by atoms with Gasteiger partial charge in [-0.25, -0.2) is 4.79 Å². The summed E-state index contributed by atoms with van der Waals surface area (Å²) in [5.74, 6) is -0.215. The Morgan fingerprint density at radius 1 is 1.16 bits per heavy atom. The molecule has 2 aliphatic rings. The number of carbonyl (C=O) groups excluding carboxylic acids is 1. The number of rotatable bonds is 6. The highest BCUT2D eigenvalue weighted by Gasteiger charge is 2.40. The van der Waals surface area contributed by atoms with E-state index in [1.165, 1.54) is 32.8 Å². The van der Waals surface area contributed by atoms with Gasteiger partial charge in [0.15, 0.2) is 0 Å². The first-order valence-corrected chi connectivity index (χ1v) is 7.62. The van der Waals surface area contributed by atoms with Gasteiger partial charge in [0.25, 0.3) is 0 Å². The molecule has 2 fully saturated rings. The minimum Gasteiger partial charge on any atom is -0.468 e. The van der Waals surface area contributed by atoms with Crippen molar-refractivity contribution in [3.05, 3.63) is 0 Å². The number of carbonyl (C=O) groups is 1. The highest BCUT2D eigenvalue weighted by molar-refractivity contribution is 5.80. The van der Waals surface area contributed by atoms with Gasteiger partial charge >= 0.3 is 5.97 Å². The van der Waals surface area contributed by atoms with Crippen molar-refractivity contribution < 1.29 is 14.3 Å². The molecule has 0 heterocycles. The fourth-order valence-electron chi connectivity index (χ4n) is 2.76.